The van der Waals surface area contributed by atoms with Crippen molar-refractivity contribution in [2.45, 2.75) is 25.0 Å². The van der Waals surface area contributed by atoms with Gasteiger partial charge < -0.3 is 9.47 Å². The van der Waals surface area contributed by atoms with Gasteiger partial charge in [0, 0.05) is 27.4 Å². The van der Waals surface area contributed by atoms with E-state index in [1.165, 1.54) is 0 Å². The Bertz CT molecular complexity index is 956. The second kappa shape index (κ2) is 7.51. The van der Waals surface area contributed by atoms with Gasteiger partial charge in [-0.1, -0.05) is 53.5 Å². The molecule has 3 nitrogen and oxygen atoms in total. The van der Waals surface area contributed by atoms with Gasteiger partial charge in [0.15, 0.2) is 0 Å². The Morgan fingerprint density at radius 3 is 2.52 bits per heavy atom. The number of nitrogens with zero attached hydrogens (tertiary/aromatic N) is 1. The first kappa shape index (κ1) is 18.3. The fraction of sp³-hybridized carbons (Fsp3) is 0.227. The molecule has 27 heavy (non-hydrogen) atoms. The predicted molar refractivity (Wildman–Crippen MR) is 108 cm³/mol. The monoisotopic (exact) mass is 399 g/mol. The van der Waals surface area contributed by atoms with Crippen LogP contribution in [0.4, 0.5) is 0 Å². The number of aromatic nitrogens is 1. The van der Waals surface area contributed by atoms with Crippen LogP contribution in [0.5, 0.6) is 5.75 Å². The molecule has 138 valence electrons. The van der Waals surface area contributed by atoms with Crippen LogP contribution in [-0.2, 0) is 16.9 Å². The normalized spacial score (nSPS) is 14.8. The molecule has 1 heterocycles. The molecule has 1 aromatic heterocycles. The summed E-state index contributed by atoms with van der Waals surface area (Å²) in [5.74, 6) is 0.745. The van der Waals surface area contributed by atoms with E-state index < -0.39 is 0 Å². The molecule has 2 aromatic carbocycles. The lowest BCUT2D eigenvalue weighted by Gasteiger charge is -2.22. The van der Waals surface area contributed by atoms with Crippen LogP contribution in [0.2, 0.25) is 10.0 Å². The molecule has 0 atom stereocenters. The predicted octanol–water partition coefficient (Wildman–Crippen LogP) is 6.27. The maximum absolute atomic E-state index is 6.37. The highest BCUT2D eigenvalue weighted by Gasteiger charge is 2.48. The van der Waals surface area contributed by atoms with Crippen molar-refractivity contribution in [3.63, 3.8) is 0 Å². The zero-order chi connectivity index (χ0) is 18.9. The lowest BCUT2D eigenvalue weighted by atomic mass is 9.96. The Morgan fingerprint density at radius 1 is 1.04 bits per heavy atom. The van der Waals surface area contributed by atoms with Crippen molar-refractivity contribution in [1.82, 2.24) is 4.98 Å². The second-order valence-electron chi connectivity index (χ2n) is 6.65. The molecular formula is C22H19Cl2NO2. The minimum atomic E-state index is -0.377. The summed E-state index contributed by atoms with van der Waals surface area (Å²) in [4.78, 5) is 4.38. The fourth-order valence-electron chi connectivity index (χ4n) is 3.32. The van der Waals surface area contributed by atoms with Crippen LogP contribution in [-0.4, -0.2) is 12.1 Å². The second-order valence-corrected chi connectivity index (χ2v) is 7.49. The molecular weight excluding hydrogens is 381 g/mol. The Balaban J connectivity index is 1.69. The van der Waals surface area contributed by atoms with Crippen LogP contribution in [0.15, 0.2) is 60.9 Å². The van der Waals surface area contributed by atoms with E-state index in [9.17, 15) is 0 Å². The summed E-state index contributed by atoms with van der Waals surface area (Å²) in [6.07, 6.45) is 5.49. The molecule has 1 aliphatic carbocycles. The summed E-state index contributed by atoms with van der Waals surface area (Å²) in [5.41, 5.74) is 3.67. The van der Waals surface area contributed by atoms with E-state index in [1.54, 1.807) is 25.4 Å². The largest absolute Gasteiger partial charge is 0.494 e. The van der Waals surface area contributed by atoms with E-state index in [2.05, 4.69) is 17.1 Å². The number of methoxy groups -OCH3 is 1. The standard InChI is InChI=1S/C22H19Cl2NO2/c1-26-20-13-25-12-18(21(20)15-5-3-2-4-6-15)22(9-10-22)27-14-16-11-17(23)7-8-19(16)24/h2-8,11-13H,9-10,14H2,1H3. The van der Waals surface area contributed by atoms with Crippen molar-refractivity contribution in [3.05, 3.63) is 82.1 Å². The maximum atomic E-state index is 6.37. The highest BCUT2D eigenvalue weighted by molar-refractivity contribution is 6.33. The molecule has 1 saturated carbocycles. The SMILES string of the molecule is COc1cncc(C2(OCc3cc(Cl)ccc3Cl)CC2)c1-c1ccccc1. The third kappa shape index (κ3) is 3.68. The highest BCUT2D eigenvalue weighted by Crippen LogP contribution is 2.54. The first-order valence-electron chi connectivity index (χ1n) is 8.79. The summed E-state index contributed by atoms with van der Waals surface area (Å²) in [6.45, 7) is 0.394. The molecule has 0 bridgehead atoms. The van der Waals surface area contributed by atoms with E-state index in [-0.39, 0.29) is 5.60 Å². The number of rotatable bonds is 6. The number of pyridine rings is 1. The third-order valence-corrected chi connectivity index (χ3v) is 5.50. The average Bonchev–Trinajstić information content (AvgIpc) is 3.50. The number of halogens is 2. The molecule has 0 spiro atoms. The topological polar surface area (TPSA) is 31.4 Å². The highest BCUT2D eigenvalue weighted by atomic mass is 35.5. The van der Waals surface area contributed by atoms with Gasteiger partial charge in [-0.2, -0.15) is 0 Å². The van der Waals surface area contributed by atoms with Gasteiger partial charge >= 0.3 is 0 Å². The van der Waals surface area contributed by atoms with Gasteiger partial charge in [-0.15, -0.1) is 0 Å². The smallest absolute Gasteiger partial charge is 0.145 e. The lowest BCUT2D eigenvalue weighted by Crippen LogP contribution is -2.14. The van der Waals surface area contributed by atoms with Crippen LogP contribution in [0.25, 0.3) is 11.1 Å². The van der Waals surface area contributed by atoms with Crippen LogP contribution in [0.1, 0.15) is 24.0 Å². The van der Waals surface area contributed by atoms with Crippen molar-refractivity contribution in [2.24, 2.45) is 0 Å². The van der Waals surface area contributed by atoms with Crippen LogP contribution < -0.4 is 4.74 Å². The molecule has 1 fully saturated rings. The molecule has 0 radical (unpaired) electrons. The number of hydrogen-bond donors (Lipinski definition) is 0. The number of hydrogen-bond acceptors (Lipinski definition) is 3. The zero-order valence-corrected chi connectivity index (χ0v) is 16.4. The van der Waals surface area contributed by atoms with Gasteiger partial charge in [0.05, 0.1) is 25.5 Å². The minimum absolute atomic E-state index is 0.377. The summed E-state index contributed by atoms with van der Waals surface area (Å²) >= 11 is 12.4. The third-order valence-electron chi connectivity index (χ3n) is 4.90. The van der Waals surface area contributed by atoms with Crippen molar-refractivity contribution < 1.29 is 9.47 Å². The molecule has 3 aromatic rings. The van der Waals surface area contributed by atoms with Gasteiger partial charge in [0.25, 0.3) is 0 Å². The summed E-state index contributed by atoms with van der Waals surface area (Å²) in [5, 5.41) is 1.30. The molecule has 5 heteroatoms. The van der Waals surface area contributed by atoms with Crippen molar-refractivity contribution in [1.29, 1.82) is 0 Å². The van der Waals surface area contributed by atoms with E-state index in [0.29, 0.717) is 16.7 Å². The number of ether oxygens (including phenoxy) is 2. The molecule has 0 saturated heterocycles. The molecule has 0 aliphatic heterocycles. The quantitative estimate of drug-likeness (QED) is 0.489. The van der Waals surface area contributed by atoms with Crippen molar-refractivity contribution >= 4 is 23.2 Å². The summed E-state index contributed by atoms with van der Waals surface area (Å²) < 4.78 is 12.0. The molecule has 0 N–H and O–H groups in total. The van der Waals surface area contributed by atoms with Gasteiger partial charge in [-0.3, -0.25) is 4.98 Å². The van der Waals surface area contributed by atoms with Crippen LogP contribution >= 0.6 is 23.2 Å². The summed E-state index contributed by atoms with van der Waals surface area (Å²) in [6, 6.07) is 15.6. The fourth-order valence-corrected chi connectivity index (χ4v) is 3.69. The van der Waals surface area contributed by atoms with E-state index in [0.717, 1.165) is 40.8 Å². The molecule has 0 amide bonds. The maximum Gasteiger partial charge on any atom is 0.145 e. The van der Waals surface area contributed by atoms with Crippen molar-refractivity contribution in [2.75, 3.05) is 7.11 Å². The first-order chi connectivity index (χ1) is 13.1. The molecule has 1 aliphatic rings. The van der Waals surface area contributed by atoms with Crippen LogP contribution in [0, 0.1) is 0 Å². The van der Waals surface area contributed by atoms with Gasteiger partial charge in [0.1, 0.15) is 5.75 Å². The summed E-state index contributed by atoms with van der Waals surface area (Å²) in [7, 11) is 1.67. The zero-order valence-electron chi connectivity index (χ0n) is 14.9. The molecule has 4 rings (SSSR count). The van der Waals surface area contributed by atoms with E-state index in [4.69, 9.17) is 32.7 Å². The van der Waals surface area contributed by atoms with Gasteiger partial charge in [-0.25, -0.2) is 0 Å². The van der Waals surface area contributed by atoms with Crippen LogP contribution in [0.3, 0.4) is 0 Å². The Hall–Kier alpha value is -2.07. The van der Waals surface area contributed by atoms with Gasteiger partial charge in [0.2, 0.25) is 0 Å². The lowest BCUT2D eigenvalue weighted by molar-refractivity contribution is 0.0173. The average molecular weight is 400 g/mol. The van der Waals surface area contributed by atoms with Crippen molar-refractivity contribution in [3.8, 4) is 16.9 Å². The Kier molecular flexibility index (Phi) is 5.09. The molecule has 0 unspecified atom stereocenters. The minimum Gasteiger partial charge on any atom is -0.494 e. The Labute approximate surface area is 168 Å². The Morgan fingerprint density at radius 2 is 1.81 bits per heavy atom. The number of benzene rings is 2. The van der Waals surface area contributed by atoms with Gasteiger partial charge in [-0.05, 0) is 42.2 Å². The van der Waals surface area contributed by atoms with E-state index >= 15 is 0 Å². The van der Waals surface area contributed by atoms with E-state index in [1.807, 2.05) is 30.5 Å². The first-order valence-corrected chi connectivity index (χ1v) is 9.54.